The fraction of sp³-hybridized carbons (Fsp3) is 0.0769. The zero-order valence-corrected chi connectivity index (χ0v) is 8.93. The highest BCUT2D eigenvalue weighted by Gasteiger charge is 2.10. The Morgan fingerprint density at radius 2 is 2.12 bits per heavy atom. The molecule has 4 heteroatoms. The Bertz CT molecular complexity index is 540. The summed E-state index contributed by atoms with van der Waals surface area (Å²) in [5.41, 5.74) is 1.40. The van der Waals surface area contributed by atoms with E-state index in [1.54, 1.807) is 24.5 Å². The third kappa shape index (κ3) is 2.66. The van der Waals surface area contributed by atoms with Crippen LogP contribution in [0, 0.1) is 5.82 Å². The lowest BCUT2D eigenvalue weighted by Gasteiger charge is -2.03. The quantitative estimate of drug-likeness (QED) is 0.882. The van der Waals surface area contributed by atoms with E-state index in [0.29, 0.717) is 6.42 Å². The summed E-state index contributed by atoms with van der Waals surface area (Å²) in [5, 5.41) is 8.80. The van der Waals surface area contributed by atoms with Crippen molar-refractivity contribution < 1.29 is 14.3 Å². The van der Waals surface area contributed by atoms with Crippen molar-refractivity contribution >= 4 is 5.97 Å². The van der Waals surface area contributed by atoms with Crippen LogP contribution >= 0.6 is 0 Å². The fourth-order valence-corrected chi connectivity index (χ4v) is 1.58. The van der Waals surface area contributed by atoms with Gasteiger partial charge in [-0.25, -0.2) is 9.18 Å². The van der Waals surface area contributed by atoms with Gasteiger partial charge in [0.05, 0.1) is 5.56 Å². The van der Waals surface area contributed by atoms with Crippen molar-refractivity contribution in [3.8, 4) is 0 Å². The van der Waals surface area contributed by atoms with Gasteiger partial charge in [0, 0.05) is 12.4 Å². The first-order chi connectivity index (χ1) is 8.16. The second-order valence-electron chi connectivity index (χ2n) is 3.66. The average molecular weight is 231 g/mol. The molecule has 0 unspecified atom stereocenters. The number of rotatable bonds is 3. The molecule has 0 atom stereocenters. The molecule has 0 aliphatic heterocycles. The Kier molecular flexibility index (Phi) is 3.14. The largest absolute Gasteiger partial charge is 0.478 e. The Morgan fingerprint density at radius 3 is 2.76 bits per heavy atom. The first-order valence-electron chi connectivity index (χ1n) is 5.07. The van der Waals surface area contributed by atoms with Crippen LogP contribution in [0.5, 0.6) is 0 Å². The van der Waals surface area contributed by atoms with E-state index in [9.17, 15) is 9.18 Å². The Hall–Kier alpha value is -2.23. The van der Waals surface area contributed by atoms with E-state index in [1.165, 1.54) is 12.1 Å². The molecular weight excluding hydrogens is 221 g/mol. The van der Waals surface area contributed by atoms with Crippen molar-refractivity contribution in [2.24, 2.45) is 0 Å². The number of carboxylic acid groups (broad SMARTS) is 1. The van der Waals surface area contributed by atoms with Crippen molar-refractivity contribution in [2.75, 3.05) is 0 Å². The normalized spacial score (nSPS) is 10.2. The summed E-state index contributed by atoms with van der Waals surface area (Å²) < 4.78 is 13.2. The van der Waals surface area contributed by atoms with Gasteiger partial charge in [-0.05, 0) is 35.7 Å². The number of hydrogen-bond acceptors (Lipinski definition) is 2. The number of carboxylic acids is 1. The van der Waals surface area contributed by atoms with Crippen molar-refractivity contribution in [3.63, 3.8) is 0 Å². The van der Waals surface area contributed by atoms with E-state index in [1.807, 2.05) is 6.07 Å². The van der Waals surface area contributed by atoms with E-state index < -0.39 is 11.8 Å². The van der Waals surface area contributed by atoms with Gasteiger partial charge in [-0.3, -0.25) is 4.98 Å². The molecule has 1 aromatic heterocycles. The number of aromatic nitrogens is 1. The zero-order valence-electron chi connectivity index (χ0n) is 8.93. The molecule has 0 aliphatic carbocycles. The van der Waals surface area contributed by atoms with Crippen LogP contribution < -0.4 is 0 Å². The summed E-state index contributed by atoms with van der Waals surface area (Å²) in [4.78, 5) is 14.7. The van der Waals surface area contributed by atoms with Crippen LogP contribution in [-0.2, 0) is 6.42 Å². The molecule has 3 nitrogen and oxygen atoms in total. The lowest BCUT2D eigenvalue weighted by Crippen LogP contribution is -2.02. The van der Waals surface area contributed by atoms with Crippen LogP contribution in [0.15, 0.2) is 42.7 Å². The molecule has 1 N–H and O–H groups in total. The summed E-state index contributed by atoms with van der Waals surface area (Å²) in [6, 6.07) is 7.79. The molecule has 2 rings (SSSR count). The predicted molar refractivity (Wildman–Crippen MR) is 60.4 cm³/mol. The maximum Gasteiger partial charge on any atom is 0.338 e. The van der Waals surface area contributed by atoms with Gasteiger partial charge in [0.15, 0.2) is 0 Å². The minimum atomic E-state index is -1.25. The molecule has 0 saturated carbocycles. The highest BCUT2D eigenvalue weighted by molar-refractivity contribution is 5.88. The first kappa shape index (κ1) is 11.3. The second kappa shape index (κ2) is 4.74. The fourth-order valence-electron chi connectivity index (χ4n) is 1.58. The highest BCUT2D eigenvalue weighted by atomic mass is 19.1. The molecule has 86 valence electrons. The van der Waals surface area contributed by atoms with Gasteiger partial charge < -0.3 is 5.11 Å². The third-order valence-electron chi connectivity index (χ3n) is 2.39. The zero-order chi connectivity index (χ0) is 12.3. The van der Waals surface area contributed by atoms with Gasteiger partial charge in [0.1, 0.15) is 5.82 Å². The molecule has 1 aromatic carbocycles. The second-order valence-corrected chi connectivity index (χ2v) is 3.66. The van der Waals surface area contributed by atoms with E-state index in [0.717, 1.165) is 11.1 Å². The van der Waals surface area contributed by atoms with Crippen LogP contribution in [0.1, 0.15) is 21.5 Å². The van der Waals surface area contributed by atoms with E-state index >= 15 is 0 Å². The number of pyridine rings is 1. The molecule has 17 heavy (non-hydrogen) atoms. The lowest BCUT2D eigenvalue weighted by molar-refractivity contribution is 0.0692. The van der Waals surface area contributed by atoms with Gasteiger partial charge >= 0.3 is 5.97 Å². The summed E-state index contributed by atoms with van der Waals surface area (Å²) in [5.74, 6) is -1.97. The SMILES string of the molecule is O=C(O)c1cc(Cc2cccnc2)ccc1F. The smallest absolute Gasteiger partial charge is 0.338 e. The molecule has 0 amide bonds. The Labute approximate surface area is 97.6 Å². The molecular formula is C13H10FNO2. The maximum absolute atomic E-state index is 13.2. The van der Waals surface area contributed by atoms with Crippen LogP contribution in [0.3, 0.4) is 0 Å². The Balaban J connectivity index is 2.29. The third-order valence-corrected chi connectivity index (χ3v) is 2.39. The molecule has 0 saturated heterocycles. The molecule has 0 bridgehead atoms. The summed E-state index contributed by atoms with van der Waals surface area (Å²) in [6.45, 7) is 0. The minimum Gasteiger partial charge on any atom is -0.478 e. The van der Waals surface area contributed by atoms with Crippen LogP contribution in [-0.4, -0.2) is 16.1 Å². The molecule has 0 fully saturated rings. The number of aromatic carboxylic acids is 1. The number of hydrogen-bond donors (Lipinski definition) is 1. The molecule has 0 radical (unpaired) electrons. The summed E-state index contributed by atoms with van der Waals surface area (Å²) in [6.07, 6.45) is 3.90. The maximum atomic E-state index is 13.2. The number of carbonyl (C=O) groups is 1. The number of halogens is 1. The standard InChI is InChI=1S/C13H10FNO2/c14-12-4-3-9(7-11(12)13(16)17)6-10-2-1-5-15-8-10/h1-5,7-8H,6H2,(H,16,17). The van der Waals surface area contributed by atoms with Crippen molar-refractivity contribution in [1.29, 1.82) is 0 Å². The van der Waals surface area contributed by atoms with Crippen LogP contribution in [0.2, 0.25) is 0 Å². The van der Waals surface area contributed by atoms with Crippen LogP contribution in [0.25, 0.3) is 0 Å². The van der Waals surface area contributed by atoms with E-state index in [4.69, 9.17) is 5.11 Å². The van der Waals surface area contributed by atoms with Crippen LogP contribution in [0.4, 0.5) is 4.39 Å². The van der Waals surface area contributed by atoms with Gasteiger partial charge in [-0.15, -0.1) is 0 Å². The van der Waals surface area contributed by atoms with Crippen molar-refractivity contribution in [2.45, 2.75) is 6.42 Å². The summed E-state index contributed by atoms with van der Waals surface area (Å²) in [7, 11) is 0. The number of nitrogens with zero attached hydrogens (tertiary/aromatic N) is 1. The van der Waals surface area contributed by atoms with Gasteiger partial charge in [-0.2, -0.15) is 0 Å². The van der Waals surface area contributed by atoms with Crippen molar-refractivity contribution in [1.82, 2.24) is 4.98 Å². The number of benzene rings is 1. The lowest BCUT2D eigenvalue weighted by atomic mass is 10.0. The van der Waals surface area contributed by atoms with Gasteiger partial charge in [0.25, 0.3) is 0 Å². The van der Waals surface area contributed by atoms with Gasteiger partial charge in [0.2, 0.25) is 0 Å². The topological polar surface area (TPSA) is 50.2 Å². The van der Waals surface area contributed by atoms with Crippen molar-refractivity contribution in [3.05, 3.63) is 65.2 Å². The first-order valence-corrected chi connectivity index (χ1v) is 5.07. The van der Waals surface area contributed by atoms with Gasteiger partial charge in [-0.1, -0.05) is 12.1 Å². The summed E-state index contributed by atoms with van der Waals surface area (Å²) >= 11 is 0. The molecule has 0 spiro atoms. The molecule has 0 aliphatic rings. The minimum absolute atomic E-state index is 0.300. The molecule has 1 heterocycles. The monoisotopic (exact) mass is 231 g/mol. The van der Waals surface area contributed by atoms with E-state index in [-0.39, 0.29) is 5.56 Å². The van der Waals surface area contributed by atoms with E-state index in [2.05, 4.69) is 4.98 Å². The Morgan fingerprint density at radius 1 is 1.29 bits per heavy atom. The predicted octanol–water partition coefficient (Wildman–Crippen LogP) is 2.51. The average Bonchev–Trinajstić information content (AvgIpc) is 2.32. The molecule has 2 aromatic rings. The highest BCUT2D eigenvalue weighted by Crippen LogP contribution is 2.14.